The number of hydrogen-bond acceptors (Lipinski definition) is 2. The zero-order valence-electron chi connectivity index (χ0n) is 10.2. The number of carbonyl (C=O) groups excluding carboxylic acids is 1. The summed E-state index contributed by atoms with van der Waals surface area (Å²) in [4.78, 5) is 15.4. The number of nitrogens with zero attached hydrogens (tertiary/aromatic N) is 1. The van der Waals surface area contributed by atoms with Crippen LogP contribution in [0.25, 0.3) is 0 Å². The molecule has 1 aromatic carbocycles. The lowest BCUT2D eigenvalue weighted by Gasteiger charge is -2.07. The van der Waals surface area contributed by atoms with Gasteiger partial charge in [-0.1, -0.05) is 17.7 Å². The number of nitrogens with one attached hydrogen (secondary N) is 2. The van der Waals surface area contributed by atoms with Gasteiger partial charge in [-0.3, -0.25) is 9.79 Å². The second-order valence-electron chi connectivity index (χ2n) is 3.66. The van der Waals surface area contributed by atoms with Gasteiger partial charge in [-0.2, -0.15) is 0 Å². The highest BCUT2D eigenvalue weighted by molar-refractivity contribution is 5.94. The normalized spacial score (nSPS) is 11.1. The van der Waals surface area contributed by atoms with Crippen LogP contribution in [0.3, 0.4) is 0 Å². The van der Waals surface area contributed by atoms with E-state index in [1.165, 1.54) is 0 Å². The SMILES string of the molecule is CN=C(N)NCCNC(=O)c1ccc(C)cc1. The van der Waals surface area contributed by atoms with Crippen molar-refractivity contribution in [3.63, 3.8) is 0 Å². The van der Waals surface area contributed by atoms with Crippen LogP contribution in [0.4, 0.5) is 0 Å². The smallest absolute Gasteiger partial charge is 0.251 e. The molecule has 0 saturated carbocycles. The van der Waals surface area contributed by atoms with E-state index in [0.717, 1.165) is 5.56 Å². The molecule has 1 aromatic rings. The van der Waals surface area contributed by atoms with Gasteiger partial charge < -0.3 is 16.4 Å². The molecule has 0 aliphatic carbocycles. The molecule has 0 fully saturated rings. The molecule has 0 saturated heterocycles. The molecule has 0 heterocycles. The molecule has 1 rings (SSSR count). The second-order valence-corrected chi connectivity index (χ2v) is 3.66. The standard InChI is InChI=1S/C12H18N4O/c1-9-3-5-10(6-4-9)11(17)15-7-8-16-12(13)14-2/h3-6H,7-8H2,1-2H3,(H,15,17)(H3,13,14,16). The predicted molar refractivity (Wildman–Crippen MR) is 69.1 cm³/mol. The lowest BCUT2D eigenvalue weighted by atomic mass is 10.1. The molecular weight excluding hydrogens is 216 g/mol. The maximum atomic E-state index is 11.7. The Bertz CT molecular complexity index is 397. The van der Waals surface area contributed by atoms with E-state index in [4.69, 9.17) is 5.73 Å². The molecule has 0 aliphatic rings. The summed E-state index contributed by atoms with van der Waals surface area (Å²) in [6, 6.07) is 7.43. The van der Waals surface area contributed by atoms with Crippen LogP contribution >= 0.6 is 0 Å². The van der Waals surface area contributed by atoms with Crippen molar-refractivity contribution in [1.82, 2.24) is 10.6 Å². The van der Waals surface area contributed by atoms with Crippen molar-refractivity contribution in [3.05, 3.63) is 35.4 Å². The molecule has 17 heavy (non-hydrogen) atoms. The highest BCUT2D eigenvalue weighted by atomic mass is 16.1. The average molecular weight is 234 g/mol. The minimum atomic E-state index is -0.0844. The van der Waals surface area contributed by atoms with E-state index in [-0.39, 0.29) is 5.91 Å². The first-order valence-electron chi connectivity index (χ1n) is 5.44. The number of aryl methyl sites for hydroxylation is 1. The number of guanidine groups is 1. The maximum Gasteiger partial charge on any atom is 0.251 e. The molecule has 0 aromatic heterocycles. The van der Waals surface area contributed by atoms with Crippen LogP contribution in [0, 0.1) is 6.92 Å². The Morgan fingerprint density at radius 3 is 2.41 bits per heavy atom. The van der Waals surface area contributed by atoms with Crippen molar-refractivity contribution >= 4 is 11.9 Å². The molecule has 0 unspecified atom stereocenters. The Hall–Kier alpha value is -2.04. The molecular formula is C12H18N4O. The highest BCUT2D eigenvalue weighted by Crippen LogP contribution is 2.02. The largest absolute Gasteiger partial charge is 0.370 e. The lowest BCUT2D eigenvalue weighted by molar-refractivity contribution is 0.0954. The summed E-state index contributed by atoms with van der Waals surface area (Å²) in [5, 5.41) is 5.65. The highest BCUT2D eigenvalue weighted by Gasteiger charge is 2.03. The summed E-state index contributed by atoms with van der Waals surface area (Å²) in [6.45, 7) is 3.04. The third-order valence-electron chi connectivity index (χ3n) is 2.27. The molecule has 0 bridgehead atoms. The molecule has 5 nitrogen and oxygen atoms in total. The van der Waals surface area contributed by atoms with E-state index in [0.29, 0.717) is 24.6 Å². The van der Waals surface area contributed by atoms with Crippen LogP contribution in [-0.2, 0) is 0 Å². The van der Waals surface area contributed by atoms with Crippen molar-refractivity contribution in [3.8, 4) is 0 Å². The monoisotopic (exact) mass is 234 g/mol. The quantitative estimate of drug-likeness (QED) is 0.397. The fourth-order valence-electron chi connectivity index (χ4n) is 1.25. The van der Waals surface area contributed by atoms with Gasteiger partial charge in [0.1, 0.15) is 0 Å². The summed E-state index contributed by atoms with van der Waals surface area (Å²) in [7, 11) is 1.60. The minimum Gasteiger partial charge on any atom is -0.370 e. The summed E-state index contributed by atoms with van der Waals surface area (Å²) in [6.07, 6.45) is 0. The van der Waals surface area contributed by atoms with Gasteiger partial charge in [0.25, 0.3) is 5.91 Å². The first-order valence-corrected chi connectivity index (χ1v) is 5.44. The summed E-state index contributed by atoms with van der Waals surface area (Å²) < 4.78 is 0. The first-order chi connectivity index (χ1) is 8.13. The van der Waals surface area contributed by atoms with E-state index in [2.05, 4.69) is 15.6 Å². The third kappa shape index (κ3) is 4.55. The van der Waals surface area contributed by atoms with Crippen molar-refractivity contribution in [1.29, 1.82) is 0 Å². The summed E-state index contributed by atoms with van der Waals surface area (Å²) in [5.41, 5.74) is 7.24. The first kappa shape index (κ1) is 13.0. The molecule has 4 N–H and O–H groups in total. The van der Waals surface area contributed by atoms with Gasteiger partial charge in [-0.05, 0) is 19.1 Å². The van der Waals surface area contributed by atoms with Crippen molar-refractivity contribution in [2.75, 3.05) is 20.1 Å². The van der Waals surface area contributed by atoms with Crippen LogP contribution in [0.15, 0.2) is 29.3 Å². The molecule has 0 atom stereocenters. The number of nitrogens with two attached hydrogens (primary N) is 1. The van der Waals surface area contributed by atoms with E-state index in [1.54, 1.807) is 19.2 Å². The van der Waals surface area contributed by atoms with Crippen LogP contribution in [0.5, 0.6) is 0 Å². The lowest BCUT2D eigenvalue weighted by Crippen LogP contribution is -2.38. The maximum absolute atomic E-state index is 11.7. The Morgan fingerprint density at radius 2 is 1.82 bits per heavy atom. The van der Waals surface area contributed by atoms with Gasteiger partial charge in [0.15, 0.2) is 5.96 Å². The number of amides is 1. The van der Waals surface area contributed by atoms with Crippen LogP contribution < -0.4 is 16.4 Å². The Balaban J connectivity index is 2.33. The number of rotatable bonds is 4. The molecule has 0 radical (unpaired) electrons. The summed E-state index contributed by atoms with van der Waals surface area (Å²) in [5.74, 6) is 0.286. The van der Waals surface area contributed by atoms with Gasteiger partial charge in [-0.25, -0.2) is 0 Å². The summed E-state index contributed by atoms with van der Waals surface area (Å²) >= 11 is 0. The number of benzene rings is 1. The van der Waals surface area contributed by atoms with Crippen LogP contribution in [-0.4, -0.2) is 32.0 Å². The topological polar surface area (TPSA) is 79.5 Å². The number of carbonyl (C=O) groups is 1. The second kappa shape index (κ2) is 6.52. The van der Waals surface area contributed by atoms with E-state index < -0.39 is 0 Å². The van der Waals surface area contributed by atoms with Gasteiger partial charge in [0.05, 0.1) is 0 Å². The minimum absolute atomic E-state index is 0.0844. The number of aliphatic imine (C=N–C) groups is 1. The molecule has 5 heteroatoms. The number of hydrogen-bond donors (Lipinski definition) is 3. The van der Waals surface area contributed by atoms with Crippen LogP contribution in [0.1, 0.15) is 15.9 Å². The van der Waals surface area contributed by atoms with E-state index in [1.807, 2.05) is 19.1 Å². The Morgan fingerprint density at radius 1 is 1.24 bits per heavy atom. The van der Waals surface area contributed by atoms with Crippen molar-refractivity contribution < 1.29 is 4.79 Å². The van der Waals surface area contributed by atoms with E-state index >= 15 is 0 Å². The zero-order chi connectivity index (χ0) is 12.7. The van der Waals surface area contributed by atoms with Gasteiger partial charge in [-0.15, -0.1) is 0 Å². The fraction of sp³-hybridized carbons (Fsp3) is 0.333. The van der Waals surface area contributed by atoms with E-state index in [9.17, 15) is 4.79 Å². The van der Waals surface area contributed by atoms with Gasteiger partial charge in [0.2, 0.25) is 0 Å². The Kier molecular flexibility index (Phi) is 5.00. The molecule has 0 aliphatic heterocycles. The van der Waals surface area contributed by atoms with Crippen molar-refractivity contribution in [2.24, 2.45) is 10.7 Å². The predicted octanol–water partition coefficient (Wildman–Crippen LogP) is 0.259. The van der Waals surface area contributed by atoms with Gasteiger partial charge >= 0.3 is 0 Å². The fourth-order valence-corrected chi connectivity index (χ4v) is 1.25. The van der Waals surface area contributed by atoms with Gasteiger partial charge in [0, 0.05) is 25.7 Å². The molecule has 0 spiro atoms. The molecule has 92 valence electrons. The molecule has 1 amide bonds. The zero-order valence-corrected chi connectivity index (χ0v) is 10.2. The average Bonchev–Trinajstić information content (AvgIpc) is 2.34. The van der Waals surface area contributed by atoms with Crippen molar-refractivity contribution in [2.45, 2.75) is 6.92 Å². The third-order valence-corrected chi connectivity index (χ3v) is 2.27. The van der Waals surface area contributed by atoms with Crippen LogP contribution in [0.2, 0.25) is 0 Å². The Labute approximate surface area is 101 Å².